The molecule has 0 saturated heterocycles. The minimum absolute atomic E-state index is 0.0299. The fourth-order valence-electron chi connectivity index (χ4n) is 4.64. The first kappa shape index (κ1) is 31.9. The van der Waals surface area contributed by atoms with E-state index in [1.54, 1.807) is 0 Å². The quantitative estimate of drug-likeness (QED) is 0.344. The van der Waals surface area contributed by atoms with Crippen LogP contribution in [0.5, 0.6) is 0 Å². The number of amides is 3. The maximum Gasteiger partial charge on any atom is 0.274 e. The molecule has 3 N–H and O–H groups in total. The van der Waals surface area contributed by atoms with Crippen LogP contribution in [-0.2, 0) is 27.8 Å². The lowest BCUT2D eigenvalue weighted by atomic mass is 10.0. The van der Waals surface area contributed by atoms with Gasteiger partial charge >= 0.3 is 0 Å². The van der Waals surface area contributed by atoms with E-state index in [4.69, 9.17) is 8.94 Å². The van der Waals surface area contributed by atoms with Gasteiger partial charge in [0.15, 0.2) is 17.1 Å². The van der Waals surface area contributed by atoms with Crippen LogP contribution in [0.4, 0.5) is 0 Å². The van der Waals surface area contributed by atoms with Gasteiger partial charge in [-0.15, -0.1) is 0 Å². The molecule has 4 bridgehead atoms. The highest BCUT2D eigenvalue weighted by atomic mass is 32.2. The third-order valence-corrected chi connectivity index (χ3v) is 8.81. The third kappa shape index (κ3) is 8.74. The molecule has 3 heterocycles. The second-order valence-corrected chi connectivity index (χ2v) is 13.0. The second-order valence-electron chi connectivity index (χ2n) is 10.9. The number of fused-ring (bicyclic) bond motifs is 4. The zero-order chi connectivity index (χ0) is 31.0. The number of unbranched alkanes of at least 4 members (excludes halogenated alkanes) is 1. The van der Waals surface area contributed by atoms with Gasteiger partial charge in [0.2, 0.25) is 21.8 Å². The SMILES string of the molecule is CCCCS(=O)(=O)N1CCNC(=O)[C@H](Cc2ccccc2)NC(=O)c2coc(n2)[C@@H](CC(C)C)NC(=O)c2cc(on2)C1. The molecule has 43 heavy (non-hydrogen) atoms. The van der Waals surface area contributed by atoms with Gasteiger partial charge in [0.05, 0.1) is 12.3 Å². The van der Waals surface area contributed by atoms with Crippen molar-refractivity contribution in [1.29, 1.82) is 0 Å². The van der Waals surface area contributed by atoms with Crippen LogP contribution in [0.3, 0.4) is 0 Å². The van der Waals surface area contributed by atoms with Gasteiger partial charge in [0.25, 0.3) is 11.8 Å². The van der Waals surface area contributed by atoms with Crippen molar-refractivity contribution in [3.63, 3.8) is 0 Å². The molecule has 0 fully saturated rings. The number of carbonyl (C=O) groups excluding carboxylic acids is 3. The summed E-state index contributed by atoms with van der Waals surface area (Å²) in [5.41, 5.74) is 0.717. The molecule has 3 aromatic rings. The van der Waals surface area contributed by atoms with Crippen LogP contribution in [0, 0.1) is 5.92 Å². The van der Waals surface area contributed by atoms with E-state index in [-0.39, 0.29) is 60.8 Å². The molecule has 2 atom stereocenters. The highest BCUT2D eigenvalue weighted by Gasteiger charge is 2.29. The summed E-state index contributed by atoms with van der Waals surface area (Å²) < 4.78 is 38.5. The summed E-state index contributed by atoms with van der Waals surface area (Å²) in [6.45, 7) is 5.55. The number of oxazole rings is 1. The maximum absolute atomic E-state index is 13.3. The highest BCUT2D eigenvalue weighted by Crippen LogP contribution is 2.22. The Bertz CT molecular complexity index is 1500. The Morgan fingerprint density at radius 3 is 2.49 bits per heavy atom. The van der Waals surface area contributed by atoms with E-state index in [0.717, 1.165) is 5.56 Å². The Morgan fingerprint density at radius 1 is 1.05 bits per heavy atom. The number of hydrogen-bond acceptors (Lipinski definition) is 9. The summed E-state index contributed by atoms with van der Waals surface area (Å²) in [6, 6.07) is 8.90. The predicted molar refractivity (Wildman–Crippen MR) is 156 cm³/mol. The third-order valence-electron chi connectivity index (χ3n) is 6.90. The lowest BCUT2D eigenvalue weighted by molar-refractivity contribution is -0.123. The zero-order valence-electron chi connectivity index (χ0n) is 24.5. The summed E-state index contributed by atoms with van der Waals surface area (Å²) in [5, 5.41) is 12.2. The molecule has 3 amide bonds. The topological polar surface area (TPSA) is 177 Å². The van der Waals surface area contributed by atoms with E-state index in [1.165, 1.54) is 16.6 Å². The van der Waals surface area contributed by atoms with Gasteiger partial charge in [-0.2, -0.15) is 4.31 Å². The first-order valence-corrected chi connectivity index (χ1v) is 16.0. The summed E-state index contributed by atoms with van der Waals surface area (Å²) in [6.07, 6.45) is 2.96. The second kappa shape index (κ2) is 14.4. The molecule has 13 nitrogen and oxygen atoms in total. The monoisotopic (exact) mass is 614 g/mol. The van der Waals surface area contributed by atoms with Gasteiger partial charge < -0.3 is 24.9 Å². The normalized spacial score (nSPS) is 19.3. The number of sulfonamides is 1. The van der Waals surface area contributed by atoms with Crippen molar-refractivity contribution in [1.82, 2.24) is 30.4 Å². The molecule has 1 aliphatic rings. The predicted octanol–water partition coefficient (Wildman–Crippen LogP) is 2.58. The molecule has 0 aliphatic carbocycles. The number of rotatable bonds is 8. The number of hydrogen-bond donors (Lipinski definition) is 3. The number of nitrogens with one attached hydrogen (secondary N) is 3. The van der Waals surface area contributed by atoms with Crippen molar-refractivity contribution < 1.29 is 31.7 Å². The largest absolute Gasteiger partial charge is 0.446 e. The standard InChI is InChI=1S/C29H38N6O7S/c1-4-5-13-43(39,40)35-12-11-30-26(36)22(15-20-9-7-6-8-10-20)31-28(38)25-18-41-29(33-25)24(14-19(2)3)32-27(37)23-16-21(17-35)42-34-23/h6-10,16,18-19,22,24H,4-5,11-15,17H2,1-3H3,(H,30,36)(H,31,38)(H,32,37)/t22-,24+/m0/s1. The molecule has 0 unspecified atom stereocenters. The minimum atomic E-state index is -3.73. The Hall–Kier alpha value is -4.04. The molecule has 14 heteroatoms. The van der Waals surface area contributed by atoms with Gasteiger partial charge in [-0.25, -0.2) is 13.4 Å². The number of benzene rings is 1. The van der Waals surface area contributed by atoms with Gasteiger partial charge in [-0.1, -0.05) is 62.7 Å². The van der Waals surface area contributed by atoms with E-state index in [0.29, 0.717) is 19.3 Å². The van der Waals surface area contributed by atoms with Crippen LogP contribution in [0.2, 0.25) is 0 Å². The number of aromatic nitrogens is 2. The summed E-state index contributed by atoms with van der Waals surface area (Å²) in [7, 11) is -3.73. The van der Waals surface area contributed by atoms with E-state index in [9.17, 15) is 22.8 Å². The number of carbonyl (C=O) groups is 3. The van der Waals surface area contributed by atoms with E-state index in [1.807, 2.05) is 51.1 Å². The summed E-state index contributed by atoms with van der Waals surface area (Å²) in [4.78, 5) is 44.0. The average molecular weight is 615 g/mol. The Balaban J connectivity index is 1.68. The van der Waals surface area contributed by atoms with Crippen molar-refractivity contribution in [2.75, 3.05) is 18.8 Å². The highest BCUT2D eigenvalue weighted by molar-refractivity contribution is 7.89. The van der Waals surface area contributed by atoms with Crippen molar-refractivity contribution in [3.8, 4) is 0 Å². The van der Waals surface area contributed by atoms with Gasteiger partial charge in [0.1, 0.15) is 18.3 Å². The molecule has 2 aromatic heterocycles. The van der Waals surface area contributed by atoms with E-state index in [2.05, 4.69) is 26.1 Å². The molecular weight excluding hydrogens is 576 g/mol. The molecule has 232 valence electrons. The fourth-order valence-corrected chi connectivity index (χ4v) is 6.24. The molecule has 0 saturated carbocycles. The van der Waals surface area contributed by atoms with Crippen molar-refractivity contribution >= 4 is 27.7 Å². The fraction of sp³-hybridized carbons (Fsp3) is 0.483. The lowest BCUT2D eigenvalue weighted by Gasteiger charge is -2.22. The van der Waals surface area contributed by atoms with Gasteiger partial charge in [-0.05, 0) is 24.3 Å². The lowest BCUT2D eigenvalue weighted by Crippen LogP contribution is -2.49. The molecule has 1 aliphatic heterocycles. The Labute approximate surface area is 250 Å². The van der Waals surface area contributed by atoms with Crippen LogP contribution < -0.4 is 16.0 Å². The first-order chi connectivity index (χ1) is 20.6. The molecule has 4 rings (SSSR count). The molecule has 0 spiro atoms. The van der Waals surface area contributed by atoms with Crippen molar-refractivity contribution in [3.05, 3.63) is 71.3 Å². The average Bonchev–Trinajstić information content (AvgIpc) is 3.65. The van der Waals surface area contributed by atoms with Gasteiger partial charge in [0, 0.05) is 25.6 Å². The minimum Gasteiger partial charge on any atom is -0.446 e. The number of nitrogens with zero attached hydrogens (tertiary/aromatic N) is 3. The van der Waals surface area contributed by atoms with Crippen LogP contribution >= 0.6 is 0 Å². The van der Waals surface area contributed by atoms with Crippen LogP contribution in [-0.4, -0.2) is 65.5 Å². The van der Waals surface area contributed by atoms with E-state index >= 15 is 0 Å². The van der Waals surface area contributed by atoms with Crippen molar-refractivity contribution in [2.45, 2.75) is 65.1 Å². The summed E-state index contributed by atoms with van der Waals surface area (Å²) in [5.74, 6) is -1.35. The van der Waals surface area contributed by atoms with Crippen LogP contribution in [0.1, 0.15) is 84.3 Å². The maximum atomic E-state index is 13.3. The smallest absolute Gasteiger partial charge is 0.274 e. The van der Waals surface area contributed by atoms with E-state index < -0.39 is 39.8 Å². The Kier molecular flexibility index (Phi) is 10.7. The van der Waals surface area contributed by atoms with Gasteiger partial charge in [-0.3, -0.25) is 14.4 Å². The molecule has 0 radical (unpaired) electrons. The first-order valence-electron chi connectivity index (χ1n) is 14.4. The zero-order valence-corrected chi connectivity index (χ0v) is 25.4. The molecular formula is C29H38N6O7S. The Morgan fingerprint density at radius 2 is 1.77 bits per heavy atom. The van der Waals surface area contributed by atoms with Crippen molar-refractivity contribution in [2.24, 2.45) is 5.92 Å². The van der Waals surface area contributed by atoms with Crippen LogP contribution in [0.15, 0.2) is 51.6 Å². The summed E-state index contributed by atoms with van der Waals surface area (Å²) >= 11 is 0. The molecule has 1 aromatic carbocycles. The van der Waals surface area contributed by atoms with Crippen LogP contribution in [0.25, 0.3) is 0 Å².